The highest BCUT2D eigenvalue weighted by Crippen LogP contribution is 2.21. The number of amides is 1. The molecule has 6 nitrogen and oxygen atoms in total. The van der Waals surface area contributed by atoms with E-state index in [-0.39, 0.29) is 5.91 Å². The number of fused-ring (bicyclic) bond motifs is 1. The minimum atomic E-state index is -0.156. The molecule has 0 saturated carbocycles. The van der Waals surface area contributed by atoms with Crippen molar-refractivity contribution in [1.82, 2.24) is 19.9 Å². The summed E-state index contributed by atoms with van der Waals surface area (Å²) in [5, 5.41) is 9.53. The smallest absolute Gasteiger partial charge is 0.244 e. The Morgan fingerprint density at radius 1 is 1.33 bits per heavy atom. The third kappa shape index (κ3) is 3.98. The number of carbonyl (C=O) groups excluding carboxylic acids is 1. The Labute approximate surface area is 160 Å². The number of aryl methyl sites for hydroxylation is 1. The highest BCUT2D eigenvalue weighted by atomic mass is 32.1. The molecule has 0 unspecified atom stereocenters. The average Bonchev–Trinajstić information content (AvgIpc) is 3.38. The molecule has 136 valence electrons. The Morgan fingerprint density at radius 2 is 2.26 bits per heavy atom. The van der Waals surface area contributed by atoms with Gasteiger partial charge in [-0.2, -0.15) is 4.98 Å². The standard InChI is InChI=1S/C20H18N4O2S/c1-14-4-2-5-15(12-14)19-22-20-24(23-19)16(13-27-20)9-10-21-18(25)8-7-17-6-3-11-26-17/h2-8,11-13H,9-10H2,1H3,(H,21,25). The molecule has 3 aromatic heterocycles. The van der Waals surface area contributed by atoms with E-state index in [0.717, 1.165) is 22.0 Å². The van der Waals surface area contributed by atoms with Crippen LogP contribution in [-0.4, -0.2) is 27.0 Å². The Balaban J connectivity index is 1.40. The number of carbonyl (C=O) groups is 1. The normalized spacial score (nSPS) is 11.4. The second kappa shape index (κ2) is 7.59. The fourth-order valence-electron chi connectivity index (χ4n) is 2.72. The zero-order valence-electron chi connectivity index (χ0n) is 14.8. The molecular weight excluding hydrogens is 360 g/mol. The van der Waals surface area contributed by atoms with Crippen molar-refractivity contribution in [1.29, 1.82) is 0 Å². The van der Waals surface area contributed by atoms with Crippen LogP contribution >= 0.6 is 11.3 Å². The molecule has 0 radical (unpaired) electrons. The van der Waals surface area contributed by atoms with Crippen molar-refractivity contribution in [2.75, 3.05) is 6.54 Å². The quantitative estimate of drug-likeness (QED) is 0.519. The Hall–Kier alpha value is -3.19. The highest BCUT2D eigenvalue weighted by Gasteiger charge is 2.11. The number of aromatic nitrogens is 3. The second-order valence-electron chi connectivity index (χ2n) is 6.12. The maximum absolute atomic E-state index is 11.9. The van der Waals surface area contributed by atoms with Crippen molar-refractivity contribution in [2.45, 2.75) is 13.3 Å². The number of nitrogens with one attached hydrogen (secondary N) is 1. The van der Waals surface area contributed by atoms with Crippen LogP contribution in [0.25, 0.3) is 22.4 Å². The van der Waals surface area contributed by atoms with Crippen molar-refractivity contribution in [3.63, 3.8) is 0 Å². The molecule has 1 N–H and O–H groups in total. The van der Waals surface area contributed by atoms with Crippen molar-refractivity contribution >= 4 is 28.3 Å². The van der Waals surface area contributed by atoms with E-state index in [1.54, 1.807) is 35.8 Å². The topological polar surface area (TPSA) is 72.4 Å². The molecule has 0 fully saturated rings. The number of benzene rings is 1. The van der Waals surface area contributed by atoms with E-state index in [1.165, 1.54) is 11.6 Å². The number of furan rings is 1. The third-order valence-electron chi connectivity index (χ3n) is 4.05. The van der Waals surface area contributed by atoms with Gasteiger partial charge in [-0.05, 0) is 31.2 Å². The van der Waals surface area contributed by atoms with E-state index in [0.29, 0.717) is 18.7 Å². The van der Waals surface area contributed by atoms with Crippen LogP contribution in [0.5, 0.6) is 0 Å². The van der Waals surface area contributed by atoms with Gasteiger partial charge in [0.05, 0.1) is 12.0 Å². The molecule has 3 heterocycles. The lowest BCUT2D eigenvalue weighted by molar-refractivity contribution is -0.116. The van der Waals surface area contributed by atoms with Gasteiger partial charge in [0.2, 0.25) is 10.9 Å². The van der Waals surface area contributed by atoms with Crippen LogP contribution < -0.4 is 5.32 Å². The second-order valence-corrected chi connectivity index (χ2v) is 6.95. The molecule has 4 rings (SSSR count). The lowest BCUT2D eigenvalue weighted by atomic mass is 10.1. The maximum Gasteiger partial charge on any atom is 0.244 e. The summed E-state index contributed by atoms with van der Waals surface area (Å²) >= 11 is 1.55. The van der Waals surface area contributed by atoms with Crippen LogP contribution in [0.4, 0.5) is 0 Å². The minimum absolute atomic E-state index is 0.156. The van der Waals surface area contributed by atoms with Gasteiger partial charge in [-0.15, -0.1) is 16.4 Å². The fourth-order valence-corrected chi connectivity index (χ4v) is 3.58. The summed E-state index contributed by atoms with van der Waals surface area (Å²) in [4.78, 5) is 17.3. The van der Waals surface area contributed by atoms with Crippen LogP contribution in [0.1, 0.15) is 17.0 Å². The predicted octanol–water partition coefficient (Wildman–Crippen LogP) is 3.73. The first-order valence-corrected chi connectivity index (χ1v) is 9.46. The predicted molar refractivity (Wildman–Crippen MR) is 105 cm³/mol. The van der Waals surface area contributed by atoms with Crippen molar-refractivity contribution in [3.8, 4) is 11.4 Å². The van der Waals surface area contributed by atoms with E-state index in [4.69, 9.17) is 4.42 Å². The van der Waals surface area contributed by atoms with Crippen molar-refractivity contribution in [3.05, 3.63) is 71.1 Å². The van der Waals surface area contributed by atoms with E-state index in [2.05, 4.69) is 34.5 Å². The van der Waals surface area contributed by atoms with Crippen LogP contribution in [0.15, 0.2) is 58.5 Å². The van der Waals surface area contributed by atoms with Crippen LogP contribution in [-0.2, 0) is 11.2 Å². The van der Waals surface area contributed by atoms with Gasteiger partial charge >= 0.3 is 0 Å². The molecule has 4 aromatic rings. The van der Waals surface area contributed by atoms with Crippen molar-refractivity contribution in [2.24, 2.45) is 0 Å². The molecule has 0 aliphatic rings. The minimum Gasteiger partial charge on any atom is -0.465 e. The molecule has 0 aliphatic carbocycles. The van der Waals surface area contributed by atoms with Gasteiger partial charge in [-0.25, -0.2) is 4.52 Å². The monoisotopic (exact) mass is 378 g/mol. The van der Waals surface area contributed by atoms with E-state index < -0.39 is 0 Å². The highest BCUT2D eigenvalue weighted by molar-refractivity contribution is 7.15. The molecule has 27 heavy (non-hydrogen) atoms. The summed E-state index contributed by atoms with van der Waals surface area (Å²) in [7, 11) is 0. The molecule has 0 aliphatic heterocycles. The zero-order valence-corrected chi connectivity index (χ0v) is 15.6. The summed E-state index contributed by atoms with van der Waals surface area (Å²) < 4.78 is 7.01. The Bertz CT molecular complexity index is 1090. The number of thiazole rings is 1. The summed E-state index contributed by atoms with van der Waals surface area (Å²) in [6.07, 6.45) is 5.36. The number of nitrogens with zero attached hydrogens (tertiary/aromatic N) is 3. The van der Waals surface area contributed by atoms with E-state index in [1.807, 2.05) is 22.0 Å². The number of rotatable bonds is 6. The first-order valence-electron chi connectivity index (χ1n) is 8.58. The molecule has 1 amide bonds. The maximum atomic E-state index is 11.9. The van der Waals surface area contributed by atoms with Gasteiger partial charge < -0.3 is 9.73 Å². The molecule has 0 bridgehead atoms. The fraction of sp³-hybridized carbons (Fsp3) is 0.150. The van der Waals surface area contributed by atoms with Gasteiger partial charge in [-0.3, -0.25) is 4.79 Å². The van der Waals surface area contributed by atoms with E-state index in [9.17, 15) is 4.79 Å². The number of hydrogen-bond acceptors (Lipinski definition) is 5. The Morgan fingerprint density at radius 3 is 3.07 bits per heavy atom. The molecule has 0 saturated heterocycles. The third-order valence-corrected chi connectivity index (χ3v) is 4.91. The average molecular weight is 378 g/mol. The van der Waals surface area contributed by atoms with Gasteiger partial charge in [0, 0.05) is 30.0 Å². The molecular formula is C20H18N4O2S. The first-order chi connectivity index (χ1) is 13.2. The van der Waals surface area contributed by atoms with Gasteiger partial charge in [0.15, 0.2) is 5.82 Å². The lowest BCUT2D eigenvalue weighted by Gasteiger charge is -2.01. The zero-order chi connectivity index (χ0) is 18.6. The molecule has 0 spiro atoms. The van der Waals surface area contributed by atoms with Crippen LogP contribution in [0, 0.1) is 6.92 Å². The largest absolute Gasteiger partial charge is 0.465 e. The SMILES string of the molecule is Cc1cccc(-c2nc3scc(CCNC(=O)C=Cc4ccco4)n3n2)c1. The van der Waals surface area contributed by atoms with Crippen molar-refractivity contribution < 1.29 is 9.21 Å². The first kappa shape index (κ1) is 17.2. The Kier molecular flexibility index (Phi) is 4.84. The molecule has 7 heteroatoms. The molecule has 0 atom stereocenters. The summed E-state index contributed by atoms with van der Waals surface area (Å²) in [6.45, 7) is 2.57. The van der Waals surface area contributed by atoms with Crippen LogP contribution in [0.2, 0.25) is 0 Å². The molecule has 1 aromatic carbocycles. The summed E-state index contributed by atoms with van der Waals surface area (Å²) in [5.41, 5.74) is 3.21. The van der Waals surface area contributed by atoms with Gasteiger partial charge in [-0.1, -0.05) is 23.8 Å². The number of hydrogen-bond donors (Lipinski definition) is 1. The van der Waals surface area contributed by atoms with Crippen LogP contribution in [0.3, 0.4) is 0 Å². The van der Waals surface area contributed by atoms with Gasteiger partial charge in [0.1, 0.15) is 5.76 Å². The lowest BCUT2D eigenvalue weighted by Crippen LogP contribution is -2.23. The summed E-state index contributed by atoms with van der Waals surface area (Å²) in [6, 6.07) is 11.7. The van der Waals surface area contributed by atoms with Gasteiger partial charge in [0.25, 0.3) is 0 Å². The van der Waals surface area contributed by atoms with E-state index >= 15 is 0 Å². The summed E-state index contributed by atoms with van der Waals surface area (Å²) in [5.74, 6) is 1.21.